The predicted molar refractivity (Wildman–Crippen MR) is 47.0 cm³/mol. The molecule has 1 aliphatic carbocycles. The van der Waals surface area contributed by atoms with Crippen LogP contribution in [0.3, 0.4) is 0 Å². The van der Waals surface area contributed by atoms with Crippen LogP contribution >= 0.6 is 0 Å². The van der Waals surface area contributed by atoms with Gasteiger partial charge in [0.1, 0.15) is 17.4 Å². The summed E-state index contributed by atoms with van der Waals surface area (Å²) in [6, 6.07) is 3.04. The number of ketones is 1. The number of hydrogen-bond donors (Lipinski definition) is 0. The van der Waals surface area contributed by atoms with Gasteiger partial charge in [0.2, 0.25) is 0 Å². The van der Waals surface area contributed by atoms with Gasteiger partial charge in [-0.25, -0.2) is 4.79 Å². The lowest BCUT2D eigenvalue weighted by molar-refractivity contribution is 0.0966. The van der Waals surface area contributed by atoms with E-state index < -0.39 is 5.63 Å². The fraction of sp³-hybridized carbons (Fsp3) is 0.300. The first-order valence-electron chi connectivity index (χ1n) is 4.32. The summed E-state index contributed by atoms with van der Waals surface area (Å²) < 4.78 is 4.89. The highest BCUT2D eigenvalue weighted by Gasteiger charge is 2.21. The van der Waals surface area contributed by atoms with Crippen molar-refractivity contribution < 1.29 is 9.21 Å². The topological polar surface area (TPSA) is 71.1 Å². The minimum absolute atomic E-state index is 0.0495. The smallest absolute Gasteiger partial charge is 0.354 e. The van der Waals surface area contributed by atoms with E-state index in [2.05, 4.69) is 0 Å². The number of nitriles is 1. The molecule has 0 aromatic carbocycles. The van der Waals surface area contributed by atoms with Crippen LogP contribution in [0.1, 0.15) is 34.5 Å². The maximum absolute atomic E-state index is 11.4. The van der Waals surface area contributed by atoms with E-state index in [0.29, 0.717) is 30.6 Å². The van der Waals surface area contributed by atoms with Crippen LogP contribution in [0.25, 0.3) is 0 Å². The first kappa shape index (κ1) is 8.70. The van der Waals surface area contributed by atoms with E-state index in [1.54, 1.807) is 6.07 Å². The quantitative estimate of drug-likeness (QED) is 0.611. The second kappa shape index (κ2) is 3.11. The van der Waals surface area contributed by atoms with Crippen LogP contribution in [0.2, 0.25) is 0 Å². The van der Waals surface area contributed by atoms with Crippen molar-refractivity contribution in [2.75, 3.05) is 0 Å². The Morgan fingerprint density at radius 2 is 2.14 bits per heavy atom. The van der Waals surface area contributed by atoms with Gasteiger partial charge in [0, 0.05) is 12.8 Å². The van der Waals surface area contributed by atoms with E-state index in [9.17, 15) is 9.59 Å². The predicted octanol–water partition coefficient (Wildman–Crippen LogP) is 1.03. The number of carbonyl (C=O) groups is 1. The fourth-order valence-electron chi connectivity index (χ4n) is 1.55. The molecule has 4 heteroatoms. The molecule has 0 radical (unpaired) electrons. The zero-order valence-electron chi connectivity index (χ0n) is 7.37. The summed E-state index contributed by atoms with van der Waals surface area (Å²) in [5.74, 6) is 0.372. The first-order valence-corrected chi connectivity index (χ1v) is 4.32. The molecule has 1 aromatic heterocycles. The van der Waals surface area contributed by atoms with Crippen LogP contribution in [0, 0.1) is 11.3 Å². The lowest BCUT2D eigenvalue weighted by Gasteiger charge is -2.11. The van der Waals surface area contributed by atoms with Crippen LogP contribution in [0.5, 0.6) is 0 Å². The summed E-state index contributed by atoms with van der Waals surface area (Å²) in [5.41, 5.74) is -0.354. The molecule has 1 aromatic rings. The van der Waals surface area contributed by atoms with Gasteiger partial charge in [0.25, 0.3) is 0 Å². The van der Waals surface area contributed by atoms with Crippen molar-refractivity contribution in [2.45, 2.75) is 19.3 Å². The van der Waals surface area contributed by atoms with Gasteiger partial charge in [0.05, 0.1) is 5.56 Å². The normalized spacial score (nSPS) is 14.6. The molecule has 4 nitrogen and oxygen atoms in total. The molecule has 0 bridgehead atoms. The van der Waals surface area contributed by atoms with Crippen molar-refractivity contribution in [3.05, 3.63) is 33.4 Å². The highest BCUT2D eigenvalue weighted by atomic mass is 16.4. The molecule has 0 spiro atoms. The lowest BCUT2D eigenvalue weighted by Crippen LogP contribution is -2.16. The van der Waals surface area contributed by atoms with Gasteiger partial charge in [-0.15, -0.1) is 0 Å². The monoisotopic (exact) mass is 189 g/mol. The van der Waals surface area contributed by atoms with Crippen molar-refractivity contribution in [3.8, 4) is 6.07 Å². The summed E-state index contributed by atoms with van der Waals surface area (Å²) in [5, 5.41) is 8.58. The van der Waals surface area contributed by atoms with Gasteiger partial charge in [-0.2, -0.15) is 5.26 Å². The zero-order valence-corrected chi connectivity index (χ0v) is 7.37. The minimum Gasteiger partial charge on any atom is -0.426 e. The third-order valence-electron chi connectivity index (χ3n) is 2.25. The summed E-state index contributed by atoms with van der Waals surface area (Å²) in [6.07, 6.45) is 1.77. The van der Waals surface area contributed by atoms with Gasteiger partial charge in [-0.05, 0) is 12.5 Å². The molecule has 0 atom stereocenters. The number of Topliss-reactive ketones (excluding diaryl/α,β-unsaturated/α-hetero) is 1. The molecule has 0 saturated carbocycles. The van der Waals surface area contributed by atoms with E-state index in [1.807, 2.05) is 0 Å². The Hall–Kier alpha value is -1.89. The molecule has 0 N–H and O–H groups in total. The number of rotatable bonds is 0. The fourth-order valence-corrected chi connectivity index (χ4v) is 1.55. The molecule has 0 unspecified atom stereocenters. The third kappa shape index (κ3) is 1.23. The van der Waals surface area contributed by atoms with Crippen molar-refractivity contribution in [2.24, 2.45) is 0 Å². The molecule has 0 fully saturated rings. The van der Waals surface area contributed by atoms with Crippen LogP contribution in [-0.2, 0) is 6.42 Å². The first-order chi connectivity index (χ1) is 6.72. The molecule has 2 rings (SSSR count). The Morgan fingerprint density at radius 3 is 2.86 bits per heavy atom. The van der Waals surface area contributed by atoms with Gasteiger partial charge < -0.3 is 4.42 Å². The van der Waals surface area contributed by atoms with Crippen LogP contribution < -0.4 is 5.63 Å². The van der Waals surface area contributed by atoms with Crippen LogP contribution in [0.4, 0.5) is 0 Å². The highest BCUT2D eigenvalue weighted by Crippen LogP contribution is 2.20. The average Bonchev–Trinajstić information content (AvgIpc) is 2.17. The molecular formula is C10H7NO3. The van der Waals surface area contributed by atoms with Crippen molar-refractivity contribution in [3.63, 3.8) is 0 Å². The summed E-state index contributed by atoms with van der Waals surface area (Å²) in [7, 11) is 0. The van der Waals surface area contributed by atoms with Gasteiger partial charge in [-0.1, -0.05) is 0 Å². The Balaban J connectivity index is 2.68. The van der Waals surface area contributed by atoms with E-state index in [4.69, 9.17) is 9.68 Å². The standard InChI is InChI=1S/C10H7NO3/c11-5-6-4-7-8(12)2-1-3-9(7)14-10(6)13/h4H,1-3H2. The van der Waals surface area contributed by atoms with Crippen molar-refractivity contribution in [1.82, 2.24) is 0 Å². The minimum atomic E-state index is -0.652. The number of carbonyl (C=O) groups excluding carboxylic acids is 1. The molecule has 0 amide bonds. The Labute approximate surface area is 79.8 Å². The molecule has 0 saturated heterocycles. The van der Waals surface area contributed by atoms with E-state index >= 15 is 0 Å². The van der Waals surface area contributed by atoms with E-state index in [-0.39, 0.29) is 11.3 Å². The molecule has 1 heterocycles. The average molecular weight is 189 g/mol. The summed E-state index contributed by atoms with van der Waals surface area (Å²) in [6.45, 7) is 0. The van der Waals surface area contributed by atoms with Gasteiger partial charge in [0.15, 0.2) is 5.78 Å². The number of fused-ring (bicyclic) bond motifs is 1. The molecule has 14 heavy (non-hydrogen) atoms. The van der Waals surface area contributed by atoms with Crippen molar-refractivity contribution >= 4 is 5.78 Å². The zero-order chi connectivity index (χ0) is 10.1. The third-order valence-corrected chi connectivity index (χ3v) is 2.25. The highest BCUT2D eigenvalue weighted by molar-refractivity contribution is 5.98. The summed E-state index contributed by atoms with van der Waals surface area (Å²) >= 11 is 0. The number of aryl methyl sites for hydroxylation is 1. The molecular weight excluding hydrogens is 182 g/mol. The van der Waals surface area contributed by atoms with E-state index in [0.717, 1.165) is 0 Å². The Morgan fingerprint density at radius 1 is 1.36 bits per heavy atom. The lowest BCUT2D eigenvalue weighted by atomic mass is 9.95. The SMILES string of the molecule is N#Cc1cc2c(oc1=O)CCCC2=O. The summed E-state index contributed by atoms with van der Waals surface area (Å²) in [4.78, 5) is 22.5. The van der Waals surface area contributed by atoms with Gasteiger partial charge >= 0.3 is 5.63 Å². The van der Waals surface area contributed by atoms with Crippen molar-refractivity contribution in [1.29, 1.82) is 5.26 Å². The second-order valence-corrected chi connectivity index (χ2v) is 3.17. The number of hydrogen-bond acceptors (Lipinski definition) is 4. The van der Waals surface area contributed by atoms with Crippen LogP contribution in [-0.4, -0.2) is 5.78 Å². The molecule has 1 aliphatic rings. The van der Waals surface area contributed by atoms with Gasteiger partial charge in [-0.3, -0.25) is 4.79 Å². The maximum atomic E-state index is 11.4. The largest absolute Gasteiger partial charge is 0.426 e. The molecule has 0 aliphatic heterocycles. The second-order valence-electron chi connectivity index (χ2n) is 3.17. The Kier molecular flexibility index (Phi) is 1.93. The number of nitrogens with zero attached hydrogens (tertiary/aromatic N) is 1. The van der Waals surface area contributed by atoms with E-state index in [1.165, 1.54) is 6.07 Å². The van der Waals surface area contributed by atoms with Crippen LogP contribution in [0.15, 0.2) is 15.3 Å². The molecule has 70 valence electrons. The maximum Gasteiger partial charge on any atom is 0.354 e. The Bertz CT molecular complexity index is 493.